The monoisotopic (exact) mass is 416 g/mol. The Kier molecular flexibility index (Phi) is 5.86. The van der Waals surface area contributed by atoms with Crippen molar-refractivity contribution in [3.8, 4) is 5.69 Å². The molecule has 1 aromatic heterocycles. The minimum atomic E-state index is -0.479. The fraction of sp³-hybridized carbons (Fsp3) is 0.167. The summed E-state index contributed by atoms with van der Waals surface area (Å²) < 4.78 is 1.68. The Morgan fingerprint density at radius 3 is 2.64 bits per heavy atom. The van der Waals surface area contributed by atoms with Crippen molar-refractivity contribution in [1.29, 1.82) is 0 Å². The van der Waals surface area contributed by atoms with Crippen molar-refractivity contribution in [2.45, 2.75) is 13.0 Å². The first-order valence-corrected chi connectivity index (χ1v) is 9.08. The maximum absolute atomic E-state index is 11.0. The first-order chi connectivity index (χ1) is 13.4. The van der Waals surface area contributed by atoms with Crippen LogP contribution in [0.25, 0.3) is 5.69 Å². The third-order valence-electron chi connectivity index (χ3n) is 4.36. The summed E-state index contributed by atoms with van der Waals surface area (Å²) in [6, 6.07) is 12.0. The zero-order chi connectivity index (χ0) is 20.3. The lowest BCUT2D eigenvalue weighted by Crippen LogP contribution is -2.33. The van der Waals surface area contributed by atoms with Crippen LogP contribution in [-0.2, 0) is 0 Å². The van der Waals surface area contributed by atoms with Gasteiger partial charge in [-0.3, -0.25) is 10.1 Å². The van der Waals surface area contributed by atoms with Crippen LogP contribution < -0.4 is 5.32 Å². The molecule has 0 unspecified atom stereocenters. The van der Waals surface area contributed by atoms with Gasteiger partial charge in [-0.2, -0.15) is 5.10 Å². The van der Waals surface area contributed by atoms with Crippen LogP contribution in [0.5, 0.6) is 0 Å². The Morgan fingerprint density at radius 2 is 2.04 bits per heavy atom. The van der Waals surface area contributed by atoms with E-state index in [1.54, 1.807) is 11.0 Å². The van der Waals surface area contributed by atoms with Crippen molar-refractivity contribution >= 4 is 40.3 Å². The molecule has 0 bridgehead atoms. The number of benzene rings is 2. The van der Waals surface area contributed by atoms with Crippen molar-refractivity contribution in [2.75, 3.05) is 12.4 Å². The third kappa shape index (κ3) is 4.26. The normalized spacial score (nSPS) is 11.7. The molecule has 3 aromatic rings. The van der Waals surface area contributed by atoms with Crippen LogP contribution in [0.1, 0.15) is 18.5 Å². The summed E-state index contributed by atoms with van der Waals surface area (Å²) in [5.41, 5.74) is 2.27. The second-order valence-electron chi connectivity index (χ2n) is 6.07. The van der Waals surface area contributed by atoms with Crippen molar-refractivity contribution in [3.63, 3.8) is 0 Å². The molecule has 1 heterocycles. The number of nitrogens with one attached hydrogen (secondary N) is 1. The average Bonchev–Trinajstić information content (AvgIpc) is 3.23. The van der Waals surface area contributed by atoms with Crippen LogP contribution in [0.4, 0.5) is 11.4 Å². The van der Waals surface area contributed by atoms with Crippen molar-refractivity contribution < 1.29 is 4.92 Å². The van der Waals surface area contributed by atoms with E-state index >= 15 is 0 Å². The van der Waals surface area contributed by atoms with Gasteiger partial charge >= 0.3 is 0 Å². The summed E-state index contributed by atoms with van der Waals surface area (Å²) in [5, 5.41) is 18.8. The zero-order valence-corrected chi connectivity index (χ0v) is 16.7. The van der Waals surface area contributed by atoms with Crippen molar-refractivity contribution in [1.82, 2.24) is 19.7 Å². The van der Waals surface area contributed by atoms with E-state index < -0.39 is 4.92 Å². The average molecular weight is 417 g/mol. The summed E-state index contributed by atoms with van der Waals surface area (Å²) in [5.74, 6) is 0. The largest absolute Gasteiger partial charge is 0.345 e. The van der Waals surface area contributed by atoms with E-state index in [0.717, 1.165) is 11.3 Å². The lowest BCUT2D eigenvalue weighted by Gasteiger charge is -2.28. The quantitative estimate of drug-likeness (QED) is 0.378. The summed E-state index contributed by atoms with van der Waals surface area (Å²) in [4.78, 5) is 16.3. The fourth-order valence-corrected chi connectivity index (χ4v) is 3.01. The molecular weight excluding hydrogens is 400 g/mol. The molecule has 0 fully saturated rings. The maximum atomic E-state index is 11.0. The highest BCUT2D eigenvalue weighted by atomic mass is 35.5. The molecule has 0 spiro atoms. The van der Waals surface area contributed by atoms with E-state index in [2.05, 4.69) is 15.4 Å². The van der Waals surface area contributed by atoms with E-state index in [1.165, 1.54) is 24.5 Å². The van der Waals surface area contributed by atoms with E-state index in [-0.39, 0.29) is 11.7 Å². The zero-order valence-electron chi connectivity index (χ0n) is 15.1. The number of hydrogen-bond donors (Lipinski definition) is 1. The highest BCUT2D eigenvalue weighted by Crippen LogP contribution is 2.28. The van der Waals surface area contributed by atoms with E-state index in [1.807, 2.05) is 43.1 Å². The predicted octanol–water partition coefficient (Wildman–Crippen LogP) is 4.22. The van der Waals surface area contributed by atoms with Crippen LogP contribution in [0.3, 0.4) is 0 Å². The van der Waals surface area contributed by atoms with Gasteiger partial charge in [0.1, 0.15) is 12.7 Å². The molecule has 3 rings (SSSR count). The van der Waals surface area contributed by atoms with Gasteiger partial charge in [0, 0.05) is 19.2 Å². The van der Waals surface area contributed by atoms with Crippen LogP contribution in [-0.4, -0.2) is 36.7 Å². The molecule has 0 radical (unpaired) electrons. The molecule has 0 saturated carbocycles. The highest BCUT2D eigenvalue weighted by molar-refractivity contribution is 7.80. The van der Waals surface area contributed by atoms with E-state index in [0.29, 0.717) is 15.8 Å². The Hall–Kier alpha value is -3.04. The van der Waals surface area contributed by atoms with Crippen molar-refractivity contribution in [2.24, 2.45) is 0 Å². The Bertz CT molecular complexity index is 994. The molecule has 0 aliphatic heterocycles. The summed E-state index contributed by atoms with van der Waals surface area (Å²) >= 11 is 11.6. The number of nitro benzene ring substituents is 1. The van der Waals surface area contributed by atoms with E-state index in [9.17, 15) is 10.1 Å². The number of thiocarbonyl (C=S) groups is 1. The second-order valence-corrected chi connectivity index (χ2v) is 6.86. The molecule has 8 nitrogen and oxygen atoms in total. The number of nitrogens with zero attached hydrogens (tertiary/aromatic N) is 5. The fourth-order valence-electron chi connectivity index (χ4n) is 2.57. The third-order valence-corrected chi connectivity index (χ3v) is 5.08. The molecule has 0 saturated heterocycles. The second kappa shape index (κ2) is 8.32. The van der Waals surface area contributed by atoms with Gasteiger partial charge in [0.15, 0.2) is 5.11 Å². The Morgan fingerprint density at radius 1 is 1.32 bits per heavy atom. The van der Waals surface area contributed by atoms with Crippen LogP contribution >= 0.6 is 23.8 Å². The molecular formula is C18H17ClN6O2S. The molecule has 28 heavy (non-hydrogen) atoms. The number of anilines is 1. The lowest BCUT2D eigenvalue weighted by molar-refractivity contribution is -0.384. The minimum absolute atomic E-state index is 0.0396. The molecule has 10 heteroatoms. The van der Waals surface area contributed by atoms with Crippen molar-refractivity contribution in [3.05, 3.63) is 75.8 Å². The smallest absolute Gasteiger partial charge is 0.271 e. The molecule has 0 aliphatic rings. The molecule has 0 amide bonds. The molecule has 1 N–H and O–H groups in total. The van der Waals surface area contributed by atoms with Gasteiger partial charge in [0.05, 0.1) is 27.4 Å². The molecule has 144 valence electrons. The number of rotatable bonds is 5. The van der Waals surface area contributed by atoms with Crippen LogP contribution in [0, 0.1) is 10.1 Å². The number of non-ortho nitro benzene ring substituents is 1. The topological polar surface area (TPSA) is 89.1 Å². The number of halogens is 1. The van der Waals surface area contributed by atoms with Gasteiger partial charge in [-0.15, -0.1) is 0 Å². The van der Waals surface area contributed by atoms with Crippen LogP contribution in [0.15, 0.2) is 55.1 Å². The lowest BCUT2D eigenvalue weighted by atomic mass is 10.1. The Labute approximate surface area is 171 Å². The number of aromatic nitrogens is 3. The van der Waals surface area contributed by atoms with Gasteiger partial charge in [0.2, 0.25) is 0 Å². The Balaban J connectivity index is 1.72. The summed E-state index contributed by atoms with van der Waals surface area (Å²) in [7, 11) is 1.84. The summed E-state index contributed by atoms with van der Waals surface area (Å²) in [6.45, 7) is 2.01. The molecule has 0 aliphatic carbocycles. The highest BCUT2D eigenvalue weighted by Gasteiger charge is 2.17. The maximum Gasteiger partial charge on any atom is 0.271 e. The predicted molar refractivity (Wildman–Crippen MR) is 112 cm³/mol. The van der Waals surface area contributed by atoms with Gasteiger partial charge in [-0.1, -0.05) is 23.7 Å². The standard InChI is InChI=1S/C18H17ClN6O2S/c1-12(13-3-5-14(6-4-13)24-11-20-10-21-24)23(2)18(28)22-17-9-15(25(26)27)7-8-16(17)19/h3-12H,1-2H3,(H,22,28)/t12-/m1/s1. The van der Waals surface area contributed by atoms with E-state index in [4.69, 9.17) is 23.8 Å². The van der Waals surface area contributed by atoms with Gasteiger partial charge in [-0.25, -0.2) is 9.67 Å². The first kappa shape index (κ1) is 19.7. The van der Waals surface area contributed by atoms with Crippen LogP contribution in [0.2, 0.25) is 5.02 Å². The molecule has 1 atom stereocenters. The number of nitro groups is 1. The number of hydrogen-bond acceptors (Lipinski definition) is 5. The van der Waals surface area contributed by atoms with Gasteiger partial charge in [-0.05, 0) is 42.9 Å². The van der Waals surface area contributed by atoms with Gasteiger partial charge in [0.25, 0.3) is 5.69 Å². The minimum Gasteiger partial charge on any atom is -0.345 e. The summed E-state index contributed by atoms with van der Waals surface area (Å²) in [6.07, 6.45) is 3.11. The van der Waals surface area contributed by atoms with Gasteiger partial charge < -0.3 is 10.2 Å². The molecule has 2 aromatic carbocycles. The SMILES string of the molecule is C[C@H](c1ccc(-n2cncn2)cc1)N(C)C(=S)Nc1cc([N+](=O)[O-])ccc1Cl. The first-order valence-electron chi connectivity index (χ1n) is 8.29.